The summed E-state index contributed by atoms with van der Waals surface area (Å²) in [5.74, 6) is 0.154. The molecule has 192 valence electrons. The lowest BCUT2D eigenvalue weighted by molar-refractivity contribution is 0.105. The smallest absolute Gasteiger partial charge is 0.193 e. The van der Waals surface area contributed by atoms with E-state index in [9.17, 15) is 10.1 Å². The molecule has 2 fully saturated rings. The molecule has 0 bridgehead atoms. The van der Waals surface area contributed by atoms with Gasteiger partial charge in [-0.15, -0.1) is 0 Å². The van der Waals surface area contributed by atoms with Gasteiger partial charge in [0.15, 0.2) is 5.78 Å². The van der Waals surface area contributed by atoms with Crippen LogP contribution in [0, 0.1) is 11.3 Å². The number of likely N-dealkylation sites (tertiary alicyclic amines) is 1. The number of ketones is 1. The number of piperidine rings is 1. The van der Waals surface area contributed by atoms with E-state index in [0.717, 1.165) is 72.9 Å². The van der Waals surface area contributed by atoms with Crippen LogP contribution < -0.4 is 4.90 Å². The highest BCUT2D eigenvalue weighted by molar-refractivity contribution is 6.33. The zero-order valence-corrected chi connectivity index (χ0v) is 22.7. The van der Waals surface area contributed by atoms with E-state index < -0.39 is 0 Å². The second-order valence-corrected chi connectivity index (χ2v) is 11.9. The third kappa shape index (κ3) is 3.93. The Hall–Kier alpha value is -2.94. The Kier molecular flexibility index (Phi) is 6.01. The van der Waals surface area contributed by atoms with Crippen LogP contribution in [-0.2, 0) is 18.3 Å². The van der Waals surface area contributed by atoms with Crippen molar-refractivity contribution < 1.29 is 4.79 Å². The molecule has 0 spiro atoms. The van der Waals surface area contributed by atoms with E-state index in [2.05, 4.69) is 60.7 Å². The molecule has 0 radical (unpaired) electrons. The number of nitriles is 1. The zero-order valence-electron chi connectivity index (χ0n) is 22.7. The number of anilines is 1. The van der Waals surface area contributed by atoms with Crippen LogP contribution >= 0.6 is 0 Å². The third-order valence-electron chi connectivity index (χ3n) is 9.53. The van der Waals surface area contributed by atoms with Crippen molar-refractivity contribution in [3.63, 3.8) is 0 Å². The quantitative estimate of drug-likeness (QED) is 0.612. The Morgan fingerprint density at radius 3 is 2.41 bits per heavy atom. The van der Waals surface area contributed by atoms with Gasteiger partial charge in [-0.25, -0.2) is 0 Å². The highest BCUT2D eigenvalue weighted by atomic mass is 16.1. The Morgan fingerprint density at radius 2 is 1.73 bits per heavy atom. The minimum absolute atomic E-state index is 0.154. The average Bonchev–Trinajstić information content (AvgIpc) is 3.32. The standard InChI is InChI=1S/C32H38N4O/c1-5-22-17-26-27(19-29(22)36-14-12-35(13-15-36)24-8-10-34(4)11-9-24)32(2,3)28-18-23-16-21(20-33)6-7-25(23)30(28)31(26)37/h6-7,16-17,19,24H,5,8-15,18H2,1-4H3. The summed E-state index contributed by atoms with van der Waals surface area (Å²) >= 11 is 0. The maximum Gasteiger partial charge on any atom is 0.193 e. The van der Waals surface area contributed by atoms with Crippen LogP contribution in [0.25, 0.3) is 5.57 Å². The van der Waals surface area contributed by atoms with Gasteiger partial charge in [-0.3, -0.25) is 9.69 Å². The molecule has 4 aliphatic rings. The second-order valence-electron chi connectivity index (χ2n) is 11.9. The SMILES string of the molecule is CCc1cc2c(cc1N1CCN(C3CCN(C)CC3)CC1)C(C)(C)C1=C(C2=O)c2ccc(C#N)cc2C1. The molecule has 0 unspecified atom stereocenters. The number of rotatable bonds is 3. The van der Waals surface area contributed by atoms with Crippen LogP contribution in [-0.4, -0.2) is 67.9 Å². The fourth-order valence-electron chi connectivity index (χ4n) is 7.19. The minimum atomic E-state index is -0.235. The maximum absolute atomic E-state index is 14.0. The van der Waals surface area contributed by atoms with Crippen LogP contribution in [0.15, 0.2) is 35.9 Å². The number of nitrogens with zero attached hydrogens (tertiary/aromatic N) is 4. The molecule has 0 aromatic heterocycles. The van der Waals surface area contributed by atoms with Gasteiger partial charge < -0.3 is 9.80 Å². The van der Waals surface area contributed by atoms with Crippen LogP contribution in [0.5, 0.6) is 0 Å². The first-order valence-electron chi connectivity index (χ1n) is 14.0. The minimum Gasteiger partial charge on any atom is -0.369 e. The molecule has 0 N–H and O–H groups in total. The molecule has 2 aromatic carbocycles. The number of carbonyl (C=O) groups excluding carboxylic acids is 1. The van der Waals surface area contributed by atoms with E-state index >= 15 is 0 Å². The average molecular weight is 495 g/mol. The molecule has 2 aliphatic carbocycles. The highest BCUT2D eigenvalue weighted by Crippen LogP contribution is 2.51. The summed E-state index contributed by atoms with van der Waals surface area (Å²) in [6.07, 6.45) is 4.22. The summed E-state index contributed by atoms with van der Waals surface area (Å²) in [5.41, 5.74) is 9.26. The van der Waals surface area contributed by atoms with Crippen LogP contribution in [0.3, 0.4) is 0 Å². The first-order chi connectivity index (χ1) is 17.8. The summed E-state index contributed by atoms with van der Waals surface area (Å²) in [4.78, 5) is 21.7. The van der Waals surface area contributed by atoms with Gasteiger partial charge in [0.1, 0.15) is 0 Å². The number of carbonyl (C=O) groups is 1. The number of allylic oxidation sites excluding steroid dienone is 2. The number of fused-ring (bicyclic) bond motifs is 3. The van der Waals surface area contributed by atoms with Crippen molar-refractivity contribution in [2.24, 2.45) is 0 Å². The van der Waals surface area contributed by atoms with Gasteiger partial charge in [0.25, 0.3) is 0 Å². The highest BCUT2D eigenvalue weighted by Gasteiger charge is 2.43. The van der Waals surface area contributed by atoms with Crippen LogP contribution in [0.1, 0.15) is 71.8 Å². The fourth-order valence-corrected chi connectivity index (χ4v) is 7.19. The third-order valence-corrected chi connectivity index (χ3v) is 9.53. The van der Waals surface area contributed by atoms with Crippen LogP contribution in [0.2, 0.25) is 0 Å². The molecule has 2 aliphatic heterocycles. The van der Waals surface area contributed by atoms with E-state index in [1.807, 2.05) is 18.2 Å². The van der Waals surface area contributed by atoms with Gasteiger partial charge in [-0.1, -0.05) is 26.8 Å². The van der Waals surface area contributed by atoms with Crippen molar-refractivity contribution in [1.82, 2.24) is 9.80 Å². The lowest BCUT2D eigenvalue weighted by Gasteiger charge is -2.44. The summed E-state index contributed by atoms with van der Waals surface area (Å²) < 4.78 is 0. The number of benzene rings is 2. The second kappa shape index (κ2) is 9.11. The topological polar surface area (TPSA) is 50.6 Å². The Balaban J connectivity index is 1.30. The normalized spacial score (nSPS) is 22.0. The van der Waals surface area contributed by atoms with Crippen LogP contribution in [0.4, 0.5) is 5.69 Å². The molecule has 5 nitrogen and oxygen atoms in total. The van der Waals surface area contributed by atoms with Crippen molar-refractivity contribution >= 4 is 17.0 Å². The fraction of sp³-hybridized carbons (Fsp3) is 0.500. The van der Waals surface area contributed by atoms with E-state index in [4.69, 9.17) is 0 Å². The summed E-state index contributed by atoms with van der Waals surface area (Å²) in [5, 5.41) is 9.40. The number of hydrogen-bond acceptors (Lipinski definition) is 5. The summed E-state index contributed by atoms with van der Waals surface area (Å²) in [6, 6.07) is 13.3. The Morgan fingerprint density at radius 1 is 1.00 bits per heavy atom. The van der Waals surface area contributed by atoms with E-state index in [1.54, 1.807) is 0 Å². The molecule has 0 saturated carbocycles. The van der Waals surface area contributed by atoms with Gasteiger partial charge in [0, 0.05) is 54.5 Å². The van der Waals surface area contributed by atoms with E-state index in [0.29, 0.717) is 5.56 Å². The van der Waals surface area contributed by atoms with Crippen molar-refractivity contribution in [1.29, 1.82) is 5.26 Å². The first-order valence-corrected chi connectivity index (χ1v) is 14.0. The number of hydrogen-bond donors (Lipinski definition) is 0. The molecule has 2 aromatic rings. The molecule has 0 amide bonds. The lowest BCUT2D eigenvalue weighted by Crippen LogP contribution is -2.53. The maximum atomic E-state index is 14.0. The monoisotopic (exact) mass is 494 g/mol. The van der Waals surface area contributed by atoms with Gasteiger partial charge in [0.2, 0.25) is 0 Å². The van der Waals surface area contributed by atoms with Crippen molar-refractivity contribution in [2.45, 2.75) is 57.9 Å². The van der Waals surface area contributed by atoms with Gasteiger partial charge in [-0.2, -0.15) is 5.26 Å². The molecule has 2 saturated heterocycles. The summed E-state index contributed by atoms with van der Waals surface area (Å²) in [6.45, 7) is 13.5. The predicted molar refractivity (Wildman–Crippen MR) is 149 cm³/mol. The molecule has 0 atom stereocenters. The van der Waals surface area contributed by atoms with E-state index in [-0.39, 0.29) is 11.2 Å². The van der Waals surface area contributed by atoms with E-state index in [1.165, 1.54) is 42.8 Å². The van der Waals surface area contributed by atoms with Crippen molar-refractivity contribution in [3.05, 3.63) is 69.3 Å². The number of aryl methyl sites for hydroxylation is 1. The Bertz CT molecular complexity index is 1330. The molecule has 5 heteroatoms. The number of Topliss-reactive ketones (excluding diaryl/α,β-unsaturated/α-hetero) is 1. The van der Waals surface area contributed by atoms with Gasteiger partial charge in [-0.05, 0) is 97.9 Å². The molecular weight excluding hydrogens is 456 g/mol. The predicted octanol–water partition coefficient (Wildman–Crippen LogP) is 4.82. The first kappa shape index (κ1) is 24.4. The van der Waals surface area contributed by atoms with Gasteiger partial charge >= 0.3 is 0 Å². The summed E-state index contributed by atoms with van der Waals surface area (Å²) in [7, 11) is 2.23. The lowest BCUT2D eigenvalue weighted by atomic mass is 9.68. The number of piperazine rings is 1. The largest absolute Gasteiger partial charge is 0.369 e. The molecule has 2 heterocycles. The molecule has 37 heavy (non-hydrogen) atoms. The van der Waals surface area contributed by atoms with Crippen molar-refractivity contribution in [2.75, 3.05) is 51.2 Å². The molecular formula is C32H38N4O. The molecule has 6 rings (SSSR count). The zero-order chi connectivity index (χ0) is 25.9. The Labute approximate surface area is 221 Å². The van der Waals surface area contributed by atoms with Crippen molar-refractivity contribution in [3.8, 4) is 6.07 Å². The van der Waals surface area contributed by atoms with Gasteiger partial charge in [0.05, 0.1) is 11.6 Å².